The third kappa shape index (κ3) is 4.11. The number of hydrogen-bond acceptors (Lipinski definition) is 0. The SMILES string of the molecule is c1ccc(C2(c3ccccc3)c3cc(-c4cccc5ccccc45)ccc3-c3ccc4cc(-c5cccc6ccccc56)ccc4c32)cc1. The molecule has 0 radical (unpaired) electrons. The fourth-order valence-electron chi connectivity index (χ4n) is 8.61. The fourth-order valence-corrected chi connectivity index (χ4v) is 8.61. The van der Waals surface area contributed by atoms with E-state index in [2.05, 4.69) is 194 Å². The standard InChI is InChI=1S/C49H32/c1-3-17-38(18-4-1)49(39-19-5-2-6-20-39)47-32-37(43-24-12-16-34-14-8-10-22-41(34)43)26-29-45(47)46-30-27-36-31-35(25-28-44(36)48(46)49)42-23-11-15-33-13-7-9-21-40(33)42/h1-32H. The Hall–Kier alpha value is -6.24. The molecular formula is C49H32. The van der Waals surface area contributed by atoms with Gasteiger partial charge in [0.2, 0.25) is 0 Å². The summed E-state index contributed by atoms with van der Waals surface area (Å²) in [6, 6.07) is 72.0. The number of benzene rings is 9. The summed E-state index contributed by atoms with van der Waals surface area (Å²) in [6.07, 6.45) is 0. The molecule has 10 rings (SSSR count). The molecule has 0 heterocycles. The summed E-state index contributed by atoms with van der Waals surface area (Å²) in [5, 5.41) is 7.62. The van der Waals surface area contributed by atoms with Gasteiger partial charge in [-0.15, -0.1) is 0 Å². The smallest absolute Gasteiger partial charge is 0.0622 e. The summed E-state index contributed by atoms with van der Waals surface area (Å²) in [5.74, 6) is 0. The summed E-state index contributed by atoms with van der Waals surface area (Å²) in [6.45, 7) is 0. The normalized spacial score (nSPS) is 13.1. The molecule has 0 unspecified atom stereocenters. The Kier molecular flexibility index (Phi) is 6.19. The summed E-state index contributed by atoms with van der Waals surface area (Å²) in [7, 11) is 0. The molecule has 0 saturated carbocycles. The monoisotopic (exact) mass is 620 g/mol. The van der Waals surface area contributed by atoms with E-state index >= 15 is 0 Å². The Morgan fingerprint density at radius 1 is 0.286 bits per heavy atom. The van der Waals surface area contributed by atoms with Crippen molar-refractivity contribution >= 4 is 32.3 Å². The summed E-state index contributed by atoms with van der Waals surface area (Å²) < 4.78 is 0. The van der Waals surface area contributed by atoms with Crippen LogP contribution in [0, 0.1) is 0 Å². The van der Waals surface area contributed by atoms with Gasteiger partial charge < -0.3 is 0 Å². The van der Waals surface area contributed by atoms with Crippen LogP contribution in [-0.2, 0) is 5.41 Å². The van der Waals surface area contributed by atoms with Gasteiger partial charge in [0, 0.05) is 0 Å². The minimum atomic E-state index is -0.506. The minimum Gasteiger partial charge on any atom is -0.0622 e. The first-order chi connectivity index (χ1) is 24.3. The van der Waals surface area contributed by atoms with Gasteiger partial charge in [0.1, 0.15) is 0 Å². The van der Waals surface area contributed by atoms with Crippen molar-refractivity contribution < 1.29 is 0 Å². The fraction of sp³-hybridized carbons (Fsp3) is 0.0204. The van der Waals surface area contributed by atoms with Crippen LogP contribution >= 0.6 is 0 Å². The third-order valence-corrected chi connectivity index (χ3v) is 10.7. The van der Waals surface area contributed by atoms with E-state index in [0.717, 1.165) is 0 Å². The van der Waals surface area contributed by atoms with Crippen LogP contribution in [0.15, 0.2) is 194 Å². The molecular weight excluding hydrogens is 589 g/mol. The highest BCUT2D eigenvalue weighted by molar-refractivity contribution is 6.05. The Balaban J connectivity index is 1.29. The molecule has 9 aromatic rings. The lowest BCUT2D eigenvalue weighted by Gasteiger charge is -2.35. The maximum Gasteiger partial charge on any atom is 0.0719 e. The molecule has 1 aliphatic rings. The molecule has 49 heavy (non-hydrogen) atoms. The molecule has 0 bridgehead atoms. The molecule has 1 aliphatic carbocycles. The van der Waals surface area contributed by atoms with Gasteiger partial charge in [-0.1, -0.05) is 182 Å². The quantitative estimate of drug-likeness (QED) is 0.184. The van der Waals surface area contributed by atoms with E-state index in [0.29, 0.717) is 0 Å². The van der Waals surface area contributed by atoms with E-state index in [1.807, 2.05) is 0 Å². The highest BCUT2D eigenvalue weighted by Gasteiger charge is 2.47. The summed E-state index contributed by atoms with van der Waals surface area (Å²) in [5.41, 5.74) is 12.3. The van der Waals surface area contributed by atoms with Crippen molar-refractivity contribution in [1.29, 1.82) is 0 Å². The average Bonchev–Trinajstić information content (AvgIpc) is 3.48. The predicted octanol–water partition coefficient (Wildman–Crippen LogP) is 12.8. The Morgan fingerprint density at radius 2 is 0.796 bits per heavy atom. The van der Waals surface area contributed by atoms with Gasteiger partial charge in [-0.2, -0.15) is 0 Å². The van der Waals surface area contributed by atoms with Gasteiger partial charge >= 0.3 is 0 Å². The van der Waals surface area contributed by atoms with Gasteiger partial charge in [0.05, 0.1) is 5.41 Å². The van der Waals surface area contributed by atoms with Crippen molar-refractivity contribution in [3.05, 3.63) is 216 Å². The number of fused-ring (bicyclic) bond motifs is 7. The highest BCUT2D eigenvalue weighted by atomic mass is 14.5. The van der Waals surface area contributed by atoms with E-state index in [9.17, 15) is 0 Å². The van der Waals surface area contributed by atoms with E-state index in [1.165, 1.54) is 88.0 Å². The molecule has 228 valence electrons. The number of rotatable bonds is 4. The minimum absolute atomic E-state index is 0.506. The molecule has 0 fully saturated rings. The van der Waals surface area contributed by atoms with Crippen LogP contribution in [0.2, 0.25) is 0 Å². The maximum absolute atomic E-state index is 2.48. The first-order valence-corrected chi connectivity index (χ1v) is 17.1. The molecule has 9 aromatic carbocycles. The van der Waals surface area contributed by atoms with Crippen molar-refractivity contribution in [2.45, 2.75) is 5.41 Å². The maximum atomic E-state index is 2.48. The first-order valence-electron chi connectivity index (χ1n) is 17.1. The van der Waals surface area contributed by atoms with E-state index < -0.39 is 5.41 Å². The van der Waals surface area contributed by atoms with Gasteiger partial charge in [0.25, 0.3) is 0 Å². The highest BCUT2D eigenvalue weighted by Crippen LogP contribution is 2.59. The van der Waals surface area contributed by atoms with E-state index in [4.69, 9.17) is 0 Å². The van der Waals surface area contributed by atoms with Gasteiger partial charge in [-0.25, -0.2) is 0 Å². The van der Waals surface area contributed by atoms with Crippen LogP contribution in [0.1, 0.15) is 22.3 Å². The van der Waals surface area contributed by atoms with E-state index in [1.54, 1.807) is 0 Å². The molecule has 0 aliphatic heterocycles. The second kappa shape index (κ2) is 10.9. The van der Waals surface area contributed by atoms with Gasteiger partial charge in [-0.05, 0) is 100 Å². The van der Waals surface area contributed by atoms with Gasteiger partial charge in [-0.3, -0.25) is 0 Å². The lowest BCUT2D eigenvalue weighted by Crippen LogP contribution is -2.28. The largest absolute Gasteiger partial charge is 0.0719 e. The van der Waals surface area contributed by atoms with Crippen molar-refractivity contribution in [2.75, 3.05) is 0 Å². The van der Waals surface area contributed by atoms with Crippen molar-refractivity contribution in [3.63, 3.8) is 0 Å². The first kappa shape index (κ1) is 27.8. The van der Waals surface area contributed by atoms with Crippen LogP contribution in [-0.4, -0.2) is 0 Å². The molecule has 0 atom stereocenters. The molecule has 0 amide bonds. The Morgan fingerprint density at radius 3 is 1.43 bits per heavy atom. The Bertz CT molecular complexity index is 2650. The Labute approximate surface area is 286 Å². The zero-order valence-electron chi connectivity index (χ0n) is 27.0. The van der Waals surface area contributed by atoms with Crippen LogP contribution in [0.3, 0.4) is 0 Å². The van der Waals surface area contributed by atoms with Crippen LogP contribution in [0.25, 0.3) is 65.7 Å². The van der Waals surface area contributed by atoms with Gasteiger partial charge in [0.15, 0.2) is 0 Å². The second-order valence-electron chi connectivity index (χ2n) is 13.2. The lowest BCUT2D eigenvalue weighted by atomic mass is 9.66. The summed E-state index contributed by atoms with van der Waals surface area (Å²) in [4.78, 5) is 0. The van der Waals surface area contributed by atoms with Crippen molar-refractivity contribution in [3.8, 4) is 33.4 Å². The number of hydrogen-bond donors (Lipinski definition) is 0. The molecule has 0 nitrogen and oxygen atoms in total. The predicted molar refractivity (Wildman–Crippen MR) is 207 cm³/mol. The van der Waals surface area contributed by atoms with Crippen molar-refractivity contribution in [2.24, 2.45) is 0 Å². The second-order valence-corrected chi connectivity index (χ2v) is 13.2. The molecule has 0 N–H and O–H groups in total. The summed E-state index contributed by atoms with van der Waals surface area (Å²) >= 11 is 0. The van der Waals surface area contributed by atoms with Crippen LogP contribution < -0.4 is 0 Å². The average molecular weight is 621 g/mol. The zero-order chi connectivity index (χ0) is 32.4. The molecule has 0 aromatic heterocycles. The third-order valence-electron chi connectivity index (χ3n) is 10.7. The van der Waals surface area contributed by atoms with E-state index in [-0.39, 0.29) is 0 Å². The molecule has 0 heteroatoms. The van der Waals surface area contributed by atoms with Crippen molar-refractivity contribution in [1.82, 2.24) is 0 Å². The molecule has 0 saturated heterocycles. The lowest BCUT2D eigenvalue weighted by molar-refractivity contribution is 0.776. The molecule has 0 spiro atoms. The van der Waals surface area contributed by atoms with Crippen LogP contribution in [0.4, 0.5) is 0 Å². The zero-order valence-corrected chi connectivity index (χ0v) is 27.0. The topological polar surface area (TPSA) is 0 Å². The van der Waals surface area contributed by atoms with Crippen LogP contribution in [0.5, 0.6) is 0 Å².